The third kappa shape index (κ3) is 5.25. The molecule has 4 nitrogen and oxygen atoms in total. The molecule has 2 N–H and O–H groups in total. The molecule has 2 rings (SSSR count). The Morgan fingerprint density at radius 1 is 1.14 bits per heavy atom. The van der Waals surface area contributed by atoms with Gasteiger partial charge in [0.15, 0.2) is 0 Å². The standard InChI is InChI=1S/C15H16F3N3O/c1-21(10-12-5-6-20-14(19)8-12)9-11-3-2-4-13(7-11)22-15(16,17)18/h2-8H,9-10H2,1H3,(H2,19,20). The molecule has 1 aromatic heterocycles. The second-order valence-corrected chi connectivity index (χ2v) is 4.96. The zero-order valence-corrected chi connectivity index (χ0v) is 12.0. The van der Waals surface area contributed by atoms with Crippen LogP contribution in [0.25, 0.3) is 0 Å². The summed E-state index contributed by atoms with van der Waals surface area (Å²) in [5.41, 5.74) is 7.32. The van der Waals surface area contributed by atoms with Crippen LogP contribution in [0, 0.1) is 0 Å². The summed E-state index contributed by atoms with van der Waals surface area (Å²) in [5, 5.41) is 0. The van der Waals surface area contributed by atoms with E-state index in [2.05, 4.69) is 9.72 Å². The maximum Gasteiger partial charge on any atom is 0.573 e. The van der Waals surface area contributed by atoms with E-state index in [1.54, 1.807) is 18.3 Å². The zero-order valence-electron chi connectivity index (χ0n) is 12.0. The smallest absolute Gasteiger partial charge is 0.406 e. The summed E-state index contributed by atoms with van der Waals surface area (Å²) < 4.78 is 40.5. The molecule has 7 heteroatoms. The molecule has 1 heterocycles. The Morgan fingerprint density at radius 3 is 2.45 bits per heavy atom. The van der Waals surface area contributed by atoms with Gasteiger partial charge >= 0.3 is 6.36 Å². The second kappa shape index (κ2) is 6.65. The summed E-state index contributed by atoms with van der Waals surface area (Å²) in [4.78, 5) is 5.87. The molecule has 0 amide bonds. The predicted molar refractivity (Wildman–Crippen MR) is 76.9 cm³/mol. The van der Waals surface area contributed by atoms with Crippen molar-refractivity contribution in [2.75, 3.05) is 12.8 Å². The number of benzene rings is 1. The van der Waals surface area contributed by atoms with Gasteiger partial charge in [0.2, 0.25) is 0 Å². The lowest BCUT2D eigenvalue weighted by Crippen LogP contribution is -2.19. The van der Waals surface area contributed by atoms with E-state index in [1.165, 1.54) is 18.2 Å². The van der Waals surface area contributed by atoms with E-state index in [4.69, 9.17) is 5.73 Å². The van der Waals surface area contributed by atoms with Gasteiger partial charge in [-0.2, -0.15) is 0 Å². The first-order valence-corrected chi connectivity index (χ1v) is 6.55. The van der Waals surface area contributed by atoms with Gasteiger partial charge in [0.05, 0.1) is 0 Å². The van der Waals surface area contributed by atoms with Gasteiger partial charge in [0, 0.05) is 19.3 Å². The minimum Gasteiger partial charge on any atom is -0.406 e. The summed E-state index contributed by atoms with van der Waals surface area (Å²) >= 11 is 0. The monoisotopic (exact) mass is 311 g/mol. The van der Waals surface area contributed by atoms with Gasteiger partial charge in [-0.1, -0.05) is 12.1 Å². The SMILES string of the molecule is CN(Cc1cccc(OC(F)(F)F)c1)Cc1ccnc(N)c1. The number of hydrogen-bond donors (Lipinski definition) is 1. The lowest BCUT2D eigenvalue weighted by Gasteiger charge is -2.17. The number of pyridine rings is 1. The maximum atomic E-state index is 12.2. The lowest BCUT2D eigenvalue weighted by molar-refractivity contribution is -0.274. The third-order valence-corrected chi connectivity index (χ3v) is 2.88. The molecule has 0 fully saturated rings. The first-order chi connectivity index (χ1) is 10.3. The molecule has 0 spiro atoms. The summed E-state index contributed by atoms with van der Waals surface area (Å²) in [6, 6.07) is 9.55. The maximum absolute atomic E-state index is 12.2. The van der Waals surface area contributed by atoms with E-state index in [0.717, 1.165) is 11.1 Å². The highest BCUT2D eigenvalue weighted by Crippen LogP contribution is 2.23. The number of nitrogens with two attached hydrogens (primary N) is 1. The average Bonchev–Trinajstić information content (AvgIpc) is 2.36. The molecule has 0 saturated carbocycles. The summed E-state index contributed by atoms with van der Waals surface area (Å²) in [5.74, 6) is 0.220. The molecular formula is C15H16F3N3O. The molecule has 0 unspecified atom stereocenters. The third-order valence-electron chi connectivity index (χ3n) is 2.88. The molecule has 0 aliphatic rings. The van der Waals surface area contributed by atoms with Crippen molar-refractivity contribution in [2.24, 2.45) is 0 Å². The highest BCUT2D eigenvalue weighted by Gasteiger charge is 2.31. The van der Waals surface area contributed by atoms with Crippen molar-refractivity contribution in [1.82, 2.24) is 9.88 Å². The topological polar surface area (TPSA) is 51.4 Å². The van der Waals surface area contributed by atoms with Crippen LogP contribution in [-0.4, -0.2) is 23.3 Å². The quantitative estimate of drug-likeness (QED) is 0.921. The number of halogens is 3. The lowest BCUT2D eigenvalue weighted by atomic mass is 10.2. The molecule has 118 valence electrons. The predicted octanol–water partition coefficient (Wildman–Crippen LogP) is 3.19. The first kappa shape index (κ1) is 16.1. The van der Waals surface area contributed by atoms with Gasteiger partial charge in [0.1, 0.15) is 11.6 Å². The van der Waals surface area contributed by atoms with Gasteiger partial charge in [-0.15, -0.1) is 13.2 Å². The van der Waals surface area contributed by atoms with E-state index in [-0.39, 0.29) is 5.75 Å². The molecule has 1 aromatic carbocycles. The molecular weight excluding hydrogens is 295 g/mol. The number of alkyl halides is 3. The van der Waals surface area contributed by atoms with Crippen LogP contribution < -0.4 is 10.5 Å². The van der Waals surface area contributed by atoms with E-state index in [1.807, 2.05) is 18.0 Å². The van der Waals surface area contributed by atoms with E-state index < -0.39 is 6.36 Å². The van der Waals surface area contributed by atoms with Gasteiger partial charge in [0.25, 0.3) is 0 Å². The van der Waals surface area contributed by atoms with Crippen molar-refractivity contribution in [3.63, 3.8) is 0 Å². The van der Waals surface area contributed by atoms with Gasteiger partial charge in [-0.25, -0.2) is 4.98 Å². The first-order valence-electron chi connectivity index (χ1n) is 6.55. The summed E-state index contributed by atoms with van der Waals surface area (Å²) in [7, 11) is 1.87. The Hall–Kier alpha value is -2.28. The van der Waals surface area contributed by atoms with Crippen LogP contribution in [0.4, 0.5) is 19.0 Å². The summed E-state index contributed by atoms with van der Waals surface area (Å²) in [6.45, 7) is 1.09. The molecule has 22 heavy (non-hydrogen) atoms. The van der Waals surface area contributed by atoms with Crippen LogP contribution in [-0.2, 0) is 13.1 Å². The highest BCUT2D eigenvalue weighted by atomic mass is 19.4. The number of ether oxygens (including phenoxy) is 1. The van der Waals surface area contributed by atoms with Crippen LogP contribution in [0.2, 0.25) is 0 Å². The molecule has 0 radical (unpaired) electrons. The van der Waals surface area contributed by atoms with Crippen LogP contribution in [0.1, 0.15) is 11.1 Å². The fraction of sp³-hybridized carbons (Fsp3) is 0.267. The normalized spacial score (nSPS) is 11.7. The number of rotatable bonds is 5. The molecule has 0 bridgehead atoms. The van der Waals surface area contributed by atoms with Crippen LogP contribution in [0.3, 0.4) is 0 Å². The van der Waals surface area contributed by atoms with Crippen molar-refractivity contribution >= 4 is 5.82 Å². The van der Waals surface area contributed by atoms with Gasteiger partial charge in [-0.05, 0) is 42.4 Å². The highest BCUT2D eigenvalue weighted by molar-refractivity contribution is 5.32. The Labute approximate surface area is 126 Å². The minimum absolute atomic E-state index is 0.216. The fourth-order valence-electron chi connectivity index (χ4n) is 2.11. The Kier molecular flexibility index (Phi) is 4.87. The minimum atomic E-state index is -4.68. The summed E-state index contributed by atoms with van der Waals surface area (Å²) in [6.07, 6.45) is -3.06. The number of hydrogen-bond acceptors (Lipinski definition) is 4. The molecule has 2 aromatic rings. The van der Waals surface area contributed by atoms with Crippen molar-refractivity contribution in [3.05, 3.63) is 53.7 Å². The van der Waals surface area contributed by atoms with Crippen LogP contribution in [0.15, 0.2) is 42.6 Å². The molecule has 0 aliphatic carbocycles. The molecule has 0 aliphatic heterocycles. The molecule has 0 saturated heterocycles. The van der Waals surface area contributed by atoms with Crippen LogP contribution >= 0.6 is 0 Å². The second-order valence-electron chi connectivity index (χ2n) is 4.96. The number of aromatic nitrogens is 1. The average molecular weight is 311 g/mol. The molecule has 0 atom stereocenters. The van der Waals surface area contributed by atoms with Crippen LogP contribution in [0.5, 0.6) is 5.75 Å². The number of nitrogen functional groups attached to an aromatic ring is 1. The van der Waals surface area contributed by atoms with Gasteiger partial charge in [-0.3, -0.25) is 4.90 Å². The zero-order chi connectivity index (χ0) is 16.2. The van der Waals surface area contributed by atoms with E-state index in [9.17, 15) is 13.2 Å². The van der Waals surface area contributed by atoms with Crippen molar-refractivity contribution in [1.29, 1.82) is 0 Å². The van der Waals surface area contributed by atoms with Crippen molar-refractivity contribution in [2.45, 2.75) is 19.5 Å². The van der Waals surface area contributed by atoms with Gasteiger partial charge < -0.3 is 10.5 Å². The van der Waals surface area contributed by atoms with Crippen molar-refractivity contribution in [3.8, 4) is 5.75 Å². The fourth-order valence-corrected chi connectivity index (χ4v) is 2.11. The Morgan fingerprint density at radius 2 is 1.82 bits per heavy atom. The number of nitrogens with zero attached hydrogens (tertiary/aromatic N) is 2. The van der Waals surface area contributed by atoms with Crippen molar-refractivity contribution < 1.29 is 17.9 Å². The largest absolute Gasteiger partial charge is 0.573 e. The van der Waals surface area contributed by atoms with E-state index >= 15 is 0 Å². The van der Waals surface area contributed by atoms with E-state index in [0.29, 0.717) is 18.9 Å². The Bertz CT molecular complexity index is 631. The Balaban J connectivity index is 1.99. The number of anilines is 1.